The molecule has 1 heterocycles. The number of nitrogens with one attached hydrogen (secondary N) is 2. The van der Waals surface area contributed by atoms with E-state index in [0.29, 0.717) is 6.54 Å². The van der Waals surface area contributed by atoms with Crippen molar-refractivity contribution in [3.63, 3.8) is 0 Å². The van der Waals surface area contributed by atoms with E-state index < -0.39 is 0 Å². The zero-order valence-corrected chi connectivity index (χ0v) is 11.4. The van der Waals surface area contributed by atoms with E-state index in [2.05, 4.69) is 15.6 Å². The Labute approximate surface area is 116 Å². The summed E-state index contributed by atoms with van der Waals surface area (Å²) in [6.45, 7) is 0.609. The van der Waals surface area contributed by atoms with Gasteiger partial charge in [0, 0.05) is 18.2 Å². The number of nitrogens with two attached hydrogens (primary N) is 3. The number of thioether (sulfide) groups is 1. The Hall–Kier alpha value is -2.16. The fourth-order valence-corrected chi connectivity index (χ4v) is 2.39. The second-order valence-electron chi connectivity index (χ2n) is 3.74. The molecule has 9 heteroatoms. The van der Waals surface area contributed by atoms with E-state index in [1.54, 1.807) is 30.0 Å². The number of guanidine groups is 2. The van der Waals surface area contributed by atoms with Crippen molar-refractivity contribution < 1.29 is 0 Å². The Bertz CT molecular complexity index is 435. The predicted molar refractivity (Wildman–Crippen MR) is 80.6 cm³/mol. The first-order valence-corrected chi connectivity index (χ1v) is 6.33. The molecule has 0 spiro atoms. The average Bonchev–Trinajstić information content (AvgIpc) is 2.27. The highest BCUT2D eigenvalue weighted by Crippen LogP contribution is 2.26. The monoisotopic (exact) mass is 282 g/mol. The zero-order chi connectivity index (χ0) is 14.3. The first-order chi connectivity index (χ1) is 8.97. The van der Waals surface area contributed by atoms with Gasteiger partial charge in [0.25, 0.3) is 0 Å². The van der Waals surface area contributed by atoms with Crippen LogP contribution in [0, 0.1) is 5.41 Å². The molecule has 19 heavy (non-hydrogen) atoms. The molecular formula is C10H18N8S. The van der Waals surface area contributed by atoms with Crippen LogP contribution in [-0.4, -0.2) is 42.0 Å². The van der Waals surface area contributed by atoms with E-state index in [4.69, 9.17) is 22.6 Å². The summed E-state index contributed by atoms with van der Waals surface area (Å²) in [6.07, 6.45) is 7.60. The Balaban J connectivity index is 2.49. The molecule has 0 fully saturated rings. The summed E-state index contributed by atoms with van der Waals surface area (Å²) in [5, 5.41) is 16.5. The molecule has 0 saturated heterocycles. The molecule has 0 aromatic heterocycles. The number of allylic oxidation sites excluding steroid dienone is 2. The first-order valence-electron chi connectivity index (χ1n) is 5.45. The highest BCUT2D eigenvalue weighted by molar-refractivity contribution is 8.04. The van der Waals surface area contributed by atoms with E-state index in [0.717, 1.165) is 4.91 Å². The number of hydrogen-bond donors (Lipinski definition) is 5. The Morgan fingerprint density at radius 1 is 1.58 bits per heavy atom. The number of hydrazone groups is 2. The van der Waals surface area contributed by atoms with Gasteiger partial charge in [-0.1, -0.05) is 18.2 Å². The van der Waals surface area contributed by atoms with Crippen molar-refractivity contribution in [2.24, 2.45) is 27.4 Å². The maximum Gasteiger partial charge on any atom is 0.208 e. The second-order valence-corrected chi connectivity index (χ2v) is 5.05. The van der Waals surface area contributed by atoms with Crippen molar-refractivity contribution in [1.82, 2.24) is 10.4 Å². The molecule has 1 unspecified atom stereocenters. The molecule has 104 valence electrons. The second kappa shape index (κ2) is 7.31. The van der Waals surface area contributed by atoms with E-state index >= 15 is 0 Å². The van der Waals surface area contributed by atoms with Crippen molar-refractivity contribution in [2.75, 3.05) is 13.6 Å². The smallest absolute Gasteiger partial charge is 0.208 e. The number of hydrogen-bond acceptors (Lipinski definition) is 5. The molecule has 8 nitrogen and oxygen atoms in total. The fraction of sp³-hybridized carbons (Fsp3) is 0.300. The standard InChI is InChI=1S/C10H18N8S/c1-18(17-10(13)14)6-8-4-2-3-7(19-8)5-15-16-9(11)12/h2-5,7H,6H2,1H3,(H4,11,12,16)(H4,13,14,17)/b15-5+. The van der Waals surface area contributed by atoms with Gasteiger partial charge in [-0.15, -0.1) is 16.9 Å². The molecule has 1 rings (SSSR count). The van der Waals surface area contributed by atoms with Gasteiger partial charge in [-0.2, -0.15) is 5.10 Å². The highest BCUT2D eigenvalue weighted by atomic mass is 32.2. The van der Waals surface area contributed by atoms with Crippen LogP contribution in [0.3, 0.4) is 0 Å². The number of nitrogens with zero attached hydrogens (tertiary/aromatic N) is 3. The summed E-state index contributed by atoms with van der Waals surface area (Å²) in [6, 6.07) is 0. The van der Waals surface area contributed by atoms with Crippen molar-refractivity contribution in [2.45, 2.75) is 5.25 Å². The largest absolute Gasteiger partial charge is 0.369 e. The SMILES string of the molecule is CN(CC1=CC=CC(/C=N/NC(=N)N)S1)N=C(N)N. The molecule has 1 atom stereocenters. The Morgan fingerprint density at radius 2 is 2.32 bits per heavy atom. The third-order valence-corrected chi connectivity index (χ3v) is 3.07. The molecule has 0 saturated carbocycles. The fourth-order valence-electron chi connectivity index (χ4n) is 1.33. The van der Waals surface area contributed by atoms with Gasteiger partial charge in [-0.25, -0.2) is 5.43 Å². The van der Waals surface area contributed by atoms with Crippen LogP contribution in [0.15, 0.2) is 33.3 Å². The van der Waals surface area contributed by atoms with Crippen LogP contribution in [0.1, 0.15) is 0 Å². The maximum absolute atomic E-state index is 6.98. The zero-order valence-electron chi connectivity index (χ0n) is 10.6. The lowest BCUT2D eigenvalue weighted by Crippen LogP contribution is -2.28. The van der Waals surface area contributed by atoms with E-state index in [1.165, 1.54) is 0 Å². The molecular weight excluding hydrogens is 264 g/mol. The third kappa shape index (κ3) is 6.36. The lowest BCUT2D eigenvalue weighted by Gasteiger charge is -2.19. The van der Waals surface area contributed by atoms with Gasteiger partial charge in [0.1, 0.15) is 0 Å². The molecule has 8 N–H and O–H groups in total. The van der Waals surface area contributed by atoms with Gasteiger partial charge in [-0.05, 0) is 0 Å². The minimum Gasteiger partial charge on any atom is -0.369 e. The predicted octanol–water partition coefficient (Wildman–Crippen LogP) is -0.869. The molecule has 0 aromatic rings. The van der Waals surface area contributed by atoms with Crippen LogP contribution in [0.4, 0.5) is 0 Å². The van der Waals surface area contributed by atoms with Crippen LogP contribution in [0.2, 0.25) is 0 Å². The van der Waals surface area contributed by atoms with Gasteiger partial charge < -0.3 is 17.2 Å². The van der Waals surface area contributed by atoms with Gasteiger partial charge in [0.05, 0.1) is 11.8 Å². The molecule has 0 amide bonds. The number of likely N-dealkylation sites (N-methyl/N-ethyl adjacent to an activating group) is 1. The normalized spacial score (nSPS) is 17.9. The van der Waals surface area contributed by atoms with Crippen molar-refractivity contribution in [3.05, 3.63) is 23.1 Å². The van der Waals surface area contributed by atoms with E-state index in [9.17, 15) is 0 Å². The van der Waals surface area contributed by atoms with Crippen LogP contribution < -0.4 is 22.6 Å². The summed E-state index contributed by atoms with van der Waals surface area (Å²) in [5.74, 6) is -0.160. The molecule has 0 aromatic carbocycles. The van der Waals surface area contributed by atoms with Crippen molar-refractivity contribution in [3.8, 4) is 0 Å². The third-order valence-electron chi connectivity index (χ3n) is 1.95. The molecule has 1 aliphatic rings. The summed E-state index contributed by atoms with van der Waals surface area (Å²) in [5.41, 5.74) is 18.1. The lowest BCUT2D eigenvalue weighted by molar-refractivity contribution is 0.391. The van der Waals surface area contributed by atoms with Gasteiger partial charge in [-0.3, -0.25) is 10.4 Å². The van der Waals surface area contributed by atoms with E-state index in [1.807, 2.05) is 18.2 Å². The highest BCUT2D eigenvalue weighted by Gasteiger charge is 2.11. The van der Waals surface area contributed by atoms with Gasteiger partial charge >= 0.3 is 0 Å². The molecule has 1 aliphatic heterocycles. The van der Waals surface area contributed by atoms with Crippen molar-refractivity contribution in [1.29, 1.82) is 5.41 Å². The summed E-state index contributed by atoms with van der Waals surface area (Å²) < 4.78 is 0. The molecule has 0 radical (unpaired) electrons. The lowest BCUT2D eigenvalue weighted by atomic mass is 10.3. The maximum atomic E-state index is 6.98. The van der Waals surface area contributed by atoms with Gasteiger partial charge in [0.2, 0.25) is 11.9 Å². The summed E-state index contributed by atoms with van der Waals surface area (Å²) in [4.78, 5) is 1.11. The summed E-state index contributed by atoms with van der Waals surface area (Å²) in [7, 11) is 1.79. The number of rotatable bonds is 5. The van der Waals surface area contributed by atoms with Crippen LogP contribution >= 0.6 is 11.8 Å². The van der Waals surface area contributed by atoms with Crippen LogP contribution in [0.25, 0.3) is 0 Å². The molecule has 0 aliphatic carbocycles. The Morgan fingerprint density at radius 3 is 2.95 bits per heavy atom. The average molecular weight is 282 g/mol. The van der Waals surface area contributed by atoms with Crippen LogP contribution in [-0.2, 0) is 0 Å². The van der Waals surface area contributed by atoms with Crippen LogP contribution in [0.5, 0.6) is 0 Å². The van der Waals surface area contributed by atoms with Crippen molar-refractivity contribution >= 4 is 29.9 Å². The minimum atomic E-state index is -0.190. The summed E-state index contributed by atoms with van der Waals surface area (Å²) >= 11 is 1.62. The van der Waals surface area contributed by atoms with E-state index in [-0.39, 0.29) is 17.2 Å². The topological polar surface area (TPSA) is 142 Å². The molecule has 0 bridgehead atoms. The quantitative estimate of drug-likeness (QED) is 0.252. The Kier molecular flexibility index (Phi) is 5.73. The van der Waals surface area contributed by atoms with Gasteiger partial charge in [0.15, 0.2) is 0 Å². The first kappa shape index (κ1) is 14.9. The minimum absolute atomic E-state index is 0.0308.